The van der Waals surface area contributed by atoms with Gasteiger partial charge in [-0.1, -0.05) is 30.3 Å². The van der Waals surface area contributed by atoms with Gasteiger partial charge in [-0.3, -0.25) is 4.79 Å². The van der Waals surface area contributed by atoms with Gasteiger partial charge in [0.2, 0.25) is 11.5 Å². The third-order valence-corrected chi connectivity index (χ3v) is 5.80. The summed E-state index contributed by atoms with van der Waals surface area (Å²) >= 11 is 0. The molecule has 0 radical (unpaired) electrons. The molecule has 1 aliphatic heterocycles. The summed E-state index contributed by atoms with van der Waals surface area (Å²) in [6.45, 7) is 1.72. The van der Waals surface area contributed by atoms with Crippen LogP contribution in [0.4, 0.5) is 5.69 Å². The van der Waals surface area contributed by atoms with E-state index in [4.69, 9.17) is 10.5 Å². The number of anilines is 1. The Labute approximate surface area is 189 Å². The van der Waals surface area contributed by atoms with Gasteiger partial charge in [-0.05, 0) is 18.6 Å². The summed E-state index contributed by atoms with van der Waals surface area (Å²) in [7, 11) is 1.10. The predicted octanol–water partition coefficient (Wildman–Crippen LogP) is 1.99. The number of benzene rings is 2. The quantitative estimate of drug-likeness (QED) is 0.416. The fourth-order valence-corrected chi connectivity index (χ4v) is 4.07. The van der Waals surface area contributed by atoms with Gasteiger partial charge in [-0.15, -0.1) is 0 Å². The molecule has 1 atom stereocenters. The minimum absolute atomic E-state index is 0.0354. The van der Waals surface area contributed by atoms with E-state index >= 15 is 0 Å². The third kappa shape index (κ3) is 3.71. The largest absolute Gasteiger partial charge is 0.501 e. The maximum atomic E-state index is 13.2. The number of Topliss-reactive ketones (excluding diaryl/α,β-unsaturated/α-hetero) is 1. The number of carbonyl (C=O) groups is 2. The zero-order valence-corrected chi connectivity index (χ0v) is 18.2. The first-order chi connectivity index (χ1) is 15.8. The Morgan fingerprint density at radius 1 is 1.27 bits per heavy atom. The number of rotatable bonds is 6. The maximum absolute atomic E-state index is 13.2. The second kappa shape index (κ2) is 8.61. The molecule has 1 unspecified atom stereocenters. The van der Waals surface area contributed by atoms with E-state index in [9.17, 15) is 24.9 Å². The maximum Gasteiger partial charge on any atom is 0.378 e. The van der Waals surface area contributed by atoms with Crippen LogP contribution >= 0.6 is 0 Å². The van der Waals surface area contributed by atoms with Crippen molar-refractivity contribution in [3.05, 3.63) is 70.3 Å². The number of aliphatic hydroxyl groups excluding tert-OH is 3. The number of methoxy groups -OCH3 is 1. The number of nitrogens with two attached hydrogens (primary N) is 1. The first kappa shape index (κ1) is 22.4. The molecule has 0 amide bonds. The molecule has 0 fully saturated rings. The molecule has 0 aliphatic carbocycles. The molecule has 0 saturated heterocycles. The normalized spacial score (nSPS) is 14.2. The molecular weight excluding hydrogens is 428 g/mol. The van der Waals surface area contributed by atoms with E-state index in [-0.39, 0.29) is 23.3 Å². The van der Waals surface area contributed by atoms with Gasteiger partial charge in [0.05, 0.1) is 36.4 Å². The summed E-state index contributed by atoms with van der Waals surface area (Å²) in [4.78, 5) is 25.4. The number of hydrogen-bond acceptors (Lipinski definition) is 8. The Morgan fingerprint density at radius 3 is 2.61 bits per heavy atom. The van der Waals surface area contributed by atoms with Crippen LogP contribution in [0.3, 0.4) is 0 Å². The Hall–Kier alpha value is -3.82. The third-order valence-electron chi connectivity index (χ3n) is 5.80. The van der Waals surface area contributed by atoms with Crippen LogP contribution < -0.4 is 10.5 Å². The minimum atomic E-state index is -1.20. The molecule has 4 rings (SSSR count). The van der Waals surface area contributed by atoms with E-state index in [1.165, 1.54) is 0 Å². The molecular formula is C24H24N2O7. The number of esters is 1. The van der Waals surface area contributed by atoms with Crippen LogP contribution in [0.2, 0.25) is 0 Å². The summed E-state index contributed by atoms with van der Waals surface area (Å²) in [5, 5.41) is 30.4. The highest BCUT2D eigenvalue weighted by molar-refractivity contribution is 6.16. The van der Waals surface area contributed by atoms with Crippen LogP contribution in [0.25, 0.3) is 10.9 Å². The number of fused-ring (bicyclic) bond motifs is 4. The van der Waals surface area contributed by atoms with Gasteiger partial charge in [0, 0.05) is 29.8 Å². The highest BCUT2D eigenvalue weighted by Crippen LogP contribution is 2.44. The molecule has 172 valence electrons. The number of aliphatic hydroxyl groups is 3. The fraction of sp³-hybridized carbons (Fsp3) is 0.250. The summed E-state index contributed by atoms with van der Waals surface area (Å²) in [6, 6.07) is 11.2. The van der Waals surface area contributed by atoms with Gasteiger partial charge in [0.15, 0.2) is 0 Å². The number of ether oxygens (including phenoxy) is 2. The number of allylic oxidation sites excluding steroid dienone is 1. The van der Waals surface area contributed by atoms with Gasteiger partial charge in [-0.2, -0.15) is 0 Å². The second-order valence-corrected chi connectivity index (χ2v) is 7.84. The van der Waals surface area contributed by atoms with Crippen LogP contribution in [-0.2, 0) is 22.5 Å². The van der Waals surface area contributed by atoms with Gasteiger partial charge in [0.25, 0.3) is 5.76 Å². The lowest BCUT2D eigenvalue weighted by Crippen LogP contribution is -2.18. The number of hydrogen-bond donors (Lipinski definition) is 4. The van der Waals surface area contributed by atoms with Crippen molar-refractivity contribution in [3.8, 4) is 5.75 Å². The predicted molar refractivity (Wildman–Crippen MR) is 120 cm³/mol. The van der Waals surface area contributed by atoms with Crippen molar-refractivity contribution in [1.29, 1.82) is 0 Å². The van der Waals surface area contributed by atoms with E-state index in [2.05, 4.69) is 4.74 Å². The molecule has 9 nitrogen and oxygen atoms in total. The van der Waals surface area contributed by atoms with Crippen LogP contribution in [-0.4, -0.2) is 51.5 Å². The number of ketones is 1. The first-order valence-electron chi connectivity index (χ1n) is 10.3. The molecule has 5 N–H and O–H groups in total. The van der Waals surface area contributed by atoms with Crippen molar-refractivity contribution in [2.75, 3.05) is 19.5 Å². The lowest BCUT2D eigenvalue weighted by atomic mass is 9.94. The summed E-state index contributed by atoms with van der Waals surface area (Å²) in [5.74, 6) is -3.42. The van der Waals surface area contributed by atoms with Gasteiger partial charge < -0.3 is 35.1 Å². The van der Waals surface area contributed by atoms with E-state index in [1.54, 1.807) is 6.07 Å². The Morgan fingerprint density at radius 2 is 1.97 bits per heavy atom. The smallest absolute Gasteiger partial charge is 0.378 e. The van der Waals surface area contributed by atoms with Crippen LogP contribution in [0.15, 0.2) is 47.9 Å². The van der Waals surface area contributed by atoms with Gasteiger partial charge in [0.1, 0.15) is 5.75 Å². The number of nitrogen functional groups attached to an aromatic ring is 1. The molecule has 0 saturated carbocycles. The highest BCUT2D eigenvalue weighted by Gasteiger charge is 2.35. The zero-order valence-electron chi connectivity index (χ0n) is 18.2. The second-order valence-electron chi connectivity index (χ2n) is 7.84. The molecule has 1 aromatic heterocycles. The highest BCUT2D eigenvalue weighted by atomic mass is 16.6. The van der Waals surface area contributed by atoms with Crippen molar-refractivity contribution in [2.24, 2.45) is 0 Å². The molecule has 33 heavy (non-hydrogen) atoms. The van der Waals surface area contributed by atoms with E-state index < -0.39 is 36.0 Å². The Bertz CT molecular complexity index is 1290. The lowest BCUT2D eigenvalue weighted by Gasteiger charge is -2.16. The molecule has 0 spiro atoms. The molecule has 2 aromatic carbocycles. The van der Waals surface area contributed by atoms with Crippen molar-refractivity contribution in [1.82, 2.24) is 4.57 Å². The monoisotopic (exact) mass is 452 g/mol. The van der Waals surface area contributed by atoms with Crippen LogP contribution in [0, 0.1) is 6.92 Å². The van der Waals surface area contributed by atoms with Crippen molar-refractivity contribution >= 4 is 28.3 Å². The van der Waals surface area contributed by atoms with Gasteiger partial charge in [-0.25, -0.2) is 4.79 Å². The lowest BCUT2D eigenvalue weighted by molar-refractivity contribution is -0.138. The van der Waals surface area contributed by atoms with E-state index in [0.29, 0.717) is 28.8 Å². The van der Waals surface area contributed by atoms with E-state index in [1.807, 2.05) is 41.8 Å². The van der Waals surface area contributed by atoms with Crippen LogP contribution in [0.5, 0.6) is 5.75 Å². The zero-order chi connectivity index (χ0) is 23.9. The van der Waals surface area contributed by atoms with Gasteiger partial charge >= 0.3 is 5.97 Å². The van der Waals surface area contributed by atoms with E-state index in [0.717, 1.165) is 12.7 Å². The SMILES string of the molecule is COC(=O)C1=C(O)C(=O)c2cc3c(c(N)c(C)n3Cc3ccccc3)c(c2CC(O)CO)O1. The van der Waals surface area contributed by atoms with Crippen molar-refractivity contribution in [2.45, 2.75) is 26.0 Å². The molecule has 2 bridgehead atoms. The van der Waals surface area contributed by atoms with Crippen LogP contribution in [0.1, 0.15) is 27.2 Å². The summed E-state index contributed by atoms with van der Waals surface area (Å²) in [5.41, 5.74) is 9.35. The number of aromatic nitrogens is 1. The molecule has 1 aliphatic rings. The summed E-state index contributed by atoms with van der Waals surface area (Å²) < 4.78 is 12.4. The minimum Gasteiger partial charge on any atom is -0.501 e. The average molecular weight is 452 g/mol. The first-order valence-corrected chi connectivity index (χ1v) is 10.3. The Balaban J connectivity index is 2.03. The summed E-state index contributed by atoms with van der Waals surface area (Å²) in [6.07, 6.45) is -1.36. The van der Waals surface area contributed by atoms with Crippen molar-refractivity contribution in [3.63, 3.8) is 0 Å². The molecule has 2 heterocycles. The standard InChI is InChI=1S/C24H24N2O7/c1-12-19(25)18-17(26(12)10-13-6-4-3-5-7-13)9-15-16(8-14(28)11-27)22(18)33-23(24(31)32-2)21(30)20(15)29/h3-7,9,14,27-28,30H,8,10-11,25H2,1-2H3. The fourth-order valence-electron chi connectivity index (χ4n) is 4.07. The molecule has 9 heteroatoms. The Kier molecular flexibility index (Phi) is 5.84. The topological polar surface area (TPSA) is 144 Å². The number of nitrogens with zero attached hydrogens (tertiary/aromatic N) is 1. The van der Waals surface area contributed by atoms with Crippen molar-refractivity contribution < 1.29 is 34.4 Å². The molecule has 3 aromatic rings. The number of carbonyl (C=O) groups excluding carboxylic acids is 2. The average Bonchev–Trinajstić information content (AvgIpc) is 3.03.